The highest BCUT2D eigenvalue weighted by Crippen LogP contribution is 2.31. The monoisotopic (exact) mass is 294 g/mol. The van der Waals surface area contributed by atoms with E-state index in [-0.39, 0.29) is 11.3 Å². The quantitative estimate of drug-likeness (QED) is 0.723. The summed E-state index contributed by atoms with van der Waals surface area (Å²) >= 11 is 0. The SMILES string of the molecule is CC1CCCC(CCNc2ccc(F)c(N)c2C(=O)O)C1. The molecule has 21 heavy (non-hydrogen) atoms. The van der Waals surface area contributed by atoms with Crippen molar-refractivity contribution in [2.75, 3.05) is 17.6 Å². The summed E-state index contributed by atoms with van der Waals surface area (Å²) < 4.78 is 13.4. The molecule has 5 heteroatoms. The van der Waals surface area contributed by atoms with Crippen LogP contribution in [0.2, 0.25) is 0 Å². The minimum Gasteiger partial charge on any atom is -0.478 e. The maximum Gasteiger partial charge on any atom is 0.340 e. The molecule has 1 aromatic carbocycles. The van der Waals surface area contributed by atoms with Crippen molar-refractivity contribution in [1.29, 1.82) is 0 Å². The molecule has 0 bridgehead atoms. The van der Waals surface area contributed by atoms with Gasteiger partial charge in [0.2, 0.25) is 0 Å². The van der Waals surface area contributed by atoms with Crippen LogP contribution in [-0.2, 0) is 0 Å². The second-order valence-corrected chi connectivity index (χ2v) is 6.04. The van der Waals surface area contributed by atoms with Crippen LogP contribution in [0.4, 0.5) is 15.8 Å². The number of carbonyl (C=O) groups is 1. The predicted octanol–water partition coefficient (Wildman–Crippen LogP) is 3.73. The third-order valence-corrected chi connectivity index (χ3v) is 4.32. The van der Waals surface area contributed by atoms with Gasteiger partial charge in [-0.3, -0.25) is 0 Å². The Bertz CT molecular complexity index is 519. The molecule has 0 spiro atoms. The molecule has 0 aromatic heterocycles. The Hall–Kier alpha value is -1.78. The Morgan fingerprint density at radius 2 is 2.24 bits per heavy atom. The summed E-state index contributed by atoms with van der Waals surface area (Å²) in [4.78, 5) is 11.2. The van der Waals surface area contributed by atoms with Crippen LogP contribution < -0.4 is 11.1 Å². The third-order valence-electron chi connectivity index (χ3n) is 4.32. The predicted molar refractivity (Wildman–Crippen MR) is 82.0 cm³/mol. The largest absolute Gasteiger partial charge is 0.478 e. The van der Waals surface area contributed by atoms with Gasteiger partial charge in [0.1, 0.15) is 11.4 Å². The molecule has 1 aliphatic carbocycles. The van der Waals surface area contributed by atoms with Gasteiger partial charge in [-0.25, -0.2) is 9.18 Å². The first-order chi connectivity index (χ1) is 9.99. The highest BCUT2D eigenvalue weighted by molar-refractivity contribution is 6.00. The topological polar surface area (TPSA) is 75.3 Å². The highest BCUT2D eigenvalue weighted by atomic mass is 19.1. The molecule has 2 unspecified atom stereocenters. The third kappa shape index (κ3) is 3.86. The van der Waals surface area contributed by atoms with Gasteiger partial charge >= 0.3 is 5.97 Å². The summed E-state index contributed by atoms with van der Waals surface area (Å²) in [6, 6.07) is 2.64. The molecule has 0 heterocycles. The maximum atomic E-state index is 13.4. The molecule has 1 aromatic rings. The first-order valence-corrected chi connectivity index (χ1v) is 7.54. The van der Waals surface area contributed by atoms with Crippen LogP contribution in [-0.4, -0.2) is 17.6 Å². The first kappa shape index (κ1) is 15.6. The van der Waals surface area contributed by atoms with Crippen molar-refractivity contribution in [2.24, 2.45) is 11.8 Å². The van der Waals surface area contributed by atoms with Crippen LogP contribution in [0.5, 0.6) is 0 Å². The van der Waals surface area contributed by atoms with Crippen LogP contribution in [0.15, 0.2) is 12.1 Å². The number of nitrogen functional groups attached to an aromatic ring is 1. The molecule has 116 valence electrons. The number of hydrogen-bond donors (Lipinski definition) is 3. The van der Waals surface area contributed by atoms with E-state index < -0.39 is 11.8 Å². The number of benzene rings is 1. The minimum atomic E-state index is -1.21. The Morgan fingerprint density at radius 3 is 2.90 bits per heavy atom. The molecule has 2 rings (SSSR count). The summed E-state index contributed by atoms with van der Waals surface area (Å²) in [5, 5.41) is 12.3. The number of nitrogens with one attached hydrogen (secondary N) is 1. The van der Waals surface area contributed by atoms with Crippen molar-refractivity contribution in [3.8, 4) is 0 Å². The Labute approximate surface area is 124 Å². The number of anilines is 2. The number of aromatic carboxylic acids is 1. The molecular weight excluding hydrogens is 271 g/mol. The van der Waals surface area contributed by atoms with Gasteiger partial charge in [-0.2, -0.15) is 0 Å². The molecule has 1 saturated carbocycles. The number of rotatable bonds is 5. The molecule has 0 aliphatic heterocycles. The standard InChI is InChI=1S/C16H23FN2O2/c1-10-3-2-4-11(9-10)7-8-19-13-6-5-12(17)15(18)14(13)16(20)21/h5-6,10-11,19H,2-4,7-9,18H2,1H3,(H,20,21). The van der Waals surface area contributed by atoms with Gasteiger partial charge in [0.25, 0.3) is 0 Å². The van der Waals surface area contributed by atoms with Gasteiger partial charge in [0, 0.05) is 6.54 Å². The average Bonchev–Trinajstić information content (AvgIpc) is 2.42. The maximum absolute atomic E-state index is 13.4. The number of carboxylic acids is 1. The van der Waals surface area contributed by atoms with E-state index >= 15 is 0 Å². The fraction of sp³-hybridized carbons (Fsp3) is 0.562. The molecule has 1 aliphatic rings. The molecular formula is C16H23FN2O2. The normalized spacial score (nSPS) is 22.0. The zero-order valence-corrected chi connectivity index (χ0v) is 12.4. The molecule has 4 N–H and O–H groups in total. The fourth-order valence-corrected chi connectivity index (χ4v) is 3.20. The number of hydrogen-bond acceptors (Lipinski definition) is 3. The second kappa shape index (κ2) is 6.78. The van der Waals surface area contributed by atoms with E-state index in [2.05, 4.69) is 12.2 Å². The first-order valence-electron chi connectivity index (χ1n) is 7.54. The van der Waals surface area contributed by atoms with Gasteiger partial charge in [-0.05, 0) is 36.8 Å². The smallest absolute Gasteiger partial charge is 0.340 e. The van der Waals surface area contributed by atoms with E-state index in [1.165, 1.54) is 37.8 Å². The molecule has 0 saturated heterocycles. The summed E-state index contributed by atoms with van der Waals surface area (Å²) in [7, 11) is 0. The van der Waals surface area contributed by atoms with E-state index in [0.717, 1.165) is 12.3 Å². The summed E-state index contributed by atoms with van der Waals surface area (Å²) in [6.07, 6.45) is 6.06. The molecule has 4 nitrogen and oxygen atoms in total. The highest BCUT2D eigenvalue weighted by Gasteiger charge is 2.20. The zero-order chi connectivity index (χ0) is 15.4. The Kier molecular flexibility index (Phi) is 5.04. The van der Waals surface area contributed by atoms with Gasteiger partial charge in [0.05, 0.1) is 11.4 Å². The lowest BCUT2D eigenvalue weighted by Gasteiger charge is -2.26. The van der Waals surface area contributed by atoms with Crippen LogP contribution in [0.1, 0.15) is 49.4 Å². The number of carboxylic acid groups (broad SMARTS) is 1. The van der Waals surface area contributed by atoms with E-state index in [9.17, 15) is 9.18 Å². The Morgan fingerprint density at radius 1 is 1.48 bits per heavy atom. The van der Waals surface area contributed by atoms with E-state index in [1.807, 2.05) is 0 Å². The van der Waals surface area contributed by atoms with Crippen molar-refractivity contribution in [1.82, 2.24) is 0 Å². The lowest BCUT2D eigenvalue weighted by molar-refractivity contribution is 0.0698. The van der Waals surface area contributed by atoms with Crippen molar-refractivity contribution in [3.63, 3.8) is 0 Å². The number of halogens is 1. The Balaban J connectivity index is 1.97. The molecule has 1 fully saturated rings. The fourth-order valence-electron chi connectivity index (χ4n) is 3.20. The lowest BCUT2D eigenvalue weighted by Crippen LogP contribution is -2.17. The average molecular weight is 294 g/mol. The summed E-state index contributed by atoms with van der Waals surface area (Å²) in [6.45, 7) is 2.96. The van der Waals surface area contributed by atoms with Crippen molar-refractivity contribution >= 4 is 17.3 Å². The molecule has 0 radical (unpaired) electrons. The molecule has 0 amide bonds. The minimum absolute atomic E-state index is 0.174. The molecule has 2 atom stereocenters. The van der Waals surface area contributed by atoms with Crippen LogP contribution in [0, 0.1) is 17.7 Å². The lowest BCUT2D eigenvalue weighted by atomic mass is 9.81. The van der Waals surface area contributed by atoms with Gasteiger partial charge < -0.3 is 16.2 Å². The van der Waals surface area contributed by atoms with Gasteiger partial charge in [-0.1, -0.05) is 26.2 Å². The van der Waals surface area contributed by atoms with Crippen molar-refractivity contribution in [3.05, 3.63) is 23.5 Å². The summed E-state index contributed by atoms with van der Waals surface area (Å²) in [5.41, 5.74) is 5.43. The van der Waals surface area contributed by atoms with Crippen LogP contribution in [0.25, 0.3) is 0 Å². The summed E-state index contributed by atoms with van der Waals surface area (Å²) in [5.74, 6) is -0.438. The van der Waals surface area contributed by atoms with Crippen molar-refractivity contribution < 1.29 is 14.3 Å². The van der Waals surface area contributed by atoms with Gasteiger partial charge in [-0.15, -0.1) is 0 Å². The van der Waals surface area contributed by atoms with Crippen molar-refractivity contribution in [2.45, 2.75) is 39.0 Å². The van der Waals surface area contributed by atoms with E-state index in [4.69, 9.17) is 10.8 Å². The second-order valence-electron chi connectivity index (χ2n) is 6.04. The zero-order valence-electron chi connectivity index (χ0n) is 12.4. The number of nitrogens with two attached hydrogens (primary N) is 1. The van der Waals surface area contributed by atoms with Gasteiger partial charge in [0.15, 0.2) is 0 Å². The van der Waals surface area contributed by atoms with Crippen LogP contribution >= 0.6 is 0 Å². The van der Waals surface area contributed by atoms with E-state index in [1.54, 1.807) is 0 Å². The van der Waals surface area contributed by atoms with Crippen LogP contribution in [0.3, 0.4) is 0 Å². The van der Waals surface area contributed by atoms with E-state index in [0.29, 0.717) is 18.2 Å².